The molecular formula is C20H12ClF3N4O2S. The number of rotatable bonds is 4. The minimum absolute atomic E-state index is 0.165. The van der Waals surface area contributed by atoms with Crippen LogP contribution < -0.4 is 4.74 Å². The molecule has 4 rings (SSSR count). The molecule has 0 fully saturated rings. The number of nitrogens with one attached hydrogen (secondary N) is 1. The molecule has 1 amide bonds. The number of hydrogen-bond acceptors (Lipinski definition) is 5. The zero-order valence-corrected chi connectivity index (χ0v) is 17.1. The minimum Gasteiger partial charge on any atom is -0.489 e. The van der Waals surface area contributed by atoms with Crippen molar-refractivity contribution in [1.29, 1.82) is 5.41 Å². The summed E-state index contributed by atoms with van der Waals surface area (Å²) in [5, 5.41) is 11.3. The minimum atomic E-state index is -4.68. The Morgan fingerprint density at radius 2 is 1.87 bits per heavy atom. The van der Waals surface area contributed by atoms with Crippen molar-refractivity contribution in [1.82, 2.24) is 5.01 Å². The number of amidine groups is 2. The first-order chi connectivity index (χ1) is 14.7. The Morgan fingerprint density at radius 3 is 2.55 bits per heavy atom. The second-order valence-electron chi connectivity index (χ2n) is 6.37. The molecule has 0 aliphatic carbocycles. The van der Waals surface area contributed by atoms with Crippen LogP contribution in [-0.4, -0.2) is 33.1 Å². The molecule has 0 radical (unpaired) electrons. The van der Waals surface area contributed by atoms with Crippen LogP contribution in [0.2, 0.25) is 5.02 Å². The van der Waals surface area contributed by atoms with E-state index in [2.05, 4.69) is 10.1 Å². The van der Waals surface area contributed by atoms with Gasteiger partial charge in [0.1, 0.15) is 12.4 Å². The monoisotopic (exact) mass is 464 g/mol. The van der Waals surface area contributed by atoms with Crippen LogP contribution in [-0.2, 0) is 11.4 Å². The summed E-state index contributed by atoms with van der Waals surface area (Å²) in [4.78, 5) is 15.9. The average Bonchev–Trinajstić information content (AvgIpc) is 3.16. The Bertz CT molecular complexity index is 1160. The first-order valence-corrected chi connectivity index (χ1v) is 9.95. The third-order valence-corrected chi connectivity index (χ3v) is 5.56. The van der Waals surface area contributed by atoms with Crippen LogP contribution in [0.5, 0.6) is 5.75 Å². The van der Waals surface area contributed by atoms with Gasteiger partial charge >= 0.3 is 6.18 Å². The van der Waals surface area contributed by atoms with Gasteiger partial charge in [0.2, 0.25) is 10.2 Å². The maximum Gasteiger partial charge on any atom is 0.441 e. The summed E-state index contributed by atoms with van der Waals surface area (Å²) in [6.07, 6.45) is -3.31. The number of nitrogens with zero attached hydrogens (tertiary/aromatic N) is 3. The molecule has 0 unspecified atom stereocenters. The molecule has 0 aromatic heterocycles. The predicted molar refractivity (Wildman–Crippen MR) is 113 cm³/mol. The highest BCUT2D eigenvalue weighted by atomic mass is 35.5. The number of fused-ring (bicyclic) bond motifs is 1. The van der Waals surface area contributed by atoms with Crippen molar-refractivity contribution >= 4 is 51.4 Å². The van der Waals surface area contributed by atoms with Gasteiger partial charge in [0.15, 0.2) is 5.84 Å². The van der Waals surface area contributed by atoms with Crippen molar-refractivity contribution < 1.29 is 22.7 Å². The fourth-order valence-corrected chi connectivity index (χ4v) is 3.66. The van der Waals surface area contributed by atoms with E-state index in [4.69, 9.17) is 21.7 Å². The average molecular weight is 465 g/mol. The van der Waals surface area contributed by atoms with Crippen LogP contribution in [0, 0.1) is 5.41 Å². The summed E-state index contributed by atoms with van der Waals surface area (Å²) in [6, 6.07) is 13.9. The van der Waals surface area contributed by atoms with Gasteiger partial charge in [0.25, 0.3) is 5.91 Å². The Morgan fingerprint density at radius 1 is 1.16 bits per heavy atom. The molecular weight excluding hydrogens is 453 g/mol. The number of ether oxygens (including phenoxy) is 1. The van der Waals surface area contributed by atoms with Gasteiger partial charge in [-0.05, 0) is 41.6 Å². The van der Waals surface area contributed by atoms with E-state index in [0.29, 0.717) is 21.3 Å². The molecule has 2 heterocycles. The van der Waals surface area contributed by atoms with Crippen molar-refractivity contribution in [3.8, 4) is 5.75 Å². The lowest BCUT2D eigenvalue weighted by Crippen LogP contribution is -2.35. The first kappa shape index (κ1) is 21.1. The van der Waals surface area contributed by atoms with Crippen LogP contribution in [0.3, 0.4) is 0 Å². The SMILES string of the molecule is N=C1/C(=C\c2ccc(OCc3ccccc3Cl)cc2)C(=O)N=C2SC(C(F)(F)F)=NN12. The van der Waals surface area contributed by atoms with E-state index in [9.17, 15) is 18.0 Å². The summed E-state index contributed by atoms with van der Waals surface area (Å²) in [5.74, 6) is -0.718. The van der Waals surface area contributed by atoms with Crippen LogP contribution in [0.1, 0.15) is 11.1 Å². The number of hydrazone groups is 1. The first-order valence-electron chi connectivity index (χ1n) is 8.76. The fraction of sp³-hybridized carbons (Fsp3) is 0.100. The second-order valence-corrected chi connectivity index (χ2v) is 7.74. The van der Waals surface area contributed by atoms with Gasteiger partial charge in [0, 0.05) is 10.6 Å². The maximum atomic E-state index is 12.9. The summed E-state index contributed by atoms with van der Waals surface area (Å²) >= 11 is 6.31. The van der Waals surface area contributed by atoms with E-state index in [0.717, 1.165) is 5.56 Å². The Hall–Kier alpha value is -3.11. The van der Waals surface area contributed by atoms with Gasteiger partial charge in [-0.1, -0.05) is 41.9 Å². The van der Waals surface area contributed by atoms with E-state index in [1.807, 2.05) is 18.2 Å². The molecule has 0 saturated carbocycles. The molecule has 2 aromatic rings. The number of alkyl halides is 3. The number of benzene rings is 2. The van der Waals surface area contributed by atoms with Gasteiger partial charge in [-0.2, -0.15) is 28.3 Å². The molecule has 2 aromatic carbocycles. The highest BCUT2D eigenvalue weighted by Gasteiger charge is 2.46. The lowest BCUT2D eigenvalue weighted by Gasteiger charge is -2.20. The highest BCUT2D eigenvalue weighted by Crippen LogP contribution is 2.35. The van der Waals surface area contributed by atoms with E-state index in [1.165, 1.54) is 6.08 Å². The molecule has 2 aliphatic rings. The molecule has 158 valence electrons. The largest absolute Gasteiger partial charge is 0.489 e. The number of carbonyl (C=O) groups is 1. The van der Waals surface area contributed by atoms with Crippen molar-refractivity contribution in [2.45, 2.75) is 12.8 Å². The van der Waals surface area contributed by atoms with Crippen molar-refractivity contribution in [3.63, 3.8) is 0 Å². The Labute approximate surface area is 183 Å². The topological polar surface area (TPSA) is 78.1 Å². The normalized spacial score (nSPS) is 17.5. The number of hydrogen-bond donors (Lipinski definition) is 1. The van der Waals surface area contributed by atoms with Crippen LogP contribution in [0.4, 0.5) is 13.2 Å². The van der Waals surface area contributed by atoms with Crippen molar-refractivity contribution in [2.75, 3.05) is 0 Å². The molecule has 0 spiro atoms. The lowest BCUT2D eigenvalue weighted by molar-refractivity contribution is -0.114. The molecule has 11 heteroatoms. The predicted octanol–water partition coefficient (Wildman–Crippen LogP) is 5.10. The molecule has 1 N–H and O–H groups in total. The summed E-state index contributed by atoms with van der Waals surface area (Å²) in [5.41, 5.74) is 1.21. The lowest BCUT2D eigenvalue weighted by atomic mass is 10.1. The van der Waals surface area contributed by atoms with E-state index in [-0.39, 0.29) is 29.1 Å². The van der Waals surface area contributed by atoms with Gasteiger partial charge in [0.05, 0.1) is 5.57 Å². The molecule has 6 nitrogen and oxygen atoms in total. The summed E-state index contributed by atoms with van der Waals surface area (Å²) < 4.78 is 44.3. The zero-order chi connectivity index (χ0) is 22.2. The van der Waals surface area contributed by atoms with E-state index >= 15 is 0 Å². The highest BCUT2D eigenvalue weighted by molar-refractivity contribution is 8.27. The standard InChI is InChI=1S/C20H12ClF3N4O2S/c21-15-4-2-1-3-12(15)10-30-13-7-5-11(6-8-13)9-14-16(25)28-19(26-17(14)29)31-18(27-28)20(22,23)24/h1-9,25H,10H2/b14-9+,25-16?. The molecule has 2 aliphatic heterocycles. The Balaban J connectivity index is 1.50. The zero-order valence-electron chi connectivity index (χ0n) is 15.5. The van der Waals surface area contributed by atoms with Crippen LogP contribution in [0.25, 0.3) is 6.08 Å². The number of halogens is 4. The van der Waals surface area contributed by atoms with Crippen molar-refractivity contribution in [2.24, 2.45) is 10.1 Å². The van der Waals surface area contributed by atoms with Crippen LogP contribution >= 0.6 is 23.4 Å². The smallest absolute Gasteiger partial charge is 0.441 e. The third-order valence-electron chi connectivity index (χ3n) is 4.24. The van der Waals surface area contributed by atoms with Gasteiger partial charge in [-0.3, -0.25) is 10.2 Å². The third kappa shape index (κ3) is 4.49. The molecule has 0 atom stereocenters. The number of carbonyl (C=O) groups excluding carboxylic acids is 1. The summed E-state index contributed by atoms with van der Waals surface area (Å²) in [7, 11) is 0. The maximum absolute atomic E-state index is 12.9. The molecule has 0 bridgehead atoms. The van der Waals surface area contributed by atoms with Gasteiger partial charge < -0.3 is 4.74 Å². The molecule has 0 saturated heterocycles. The van der Waals surface area contributed by atoms with Crippen LogP contribution in [0.15, 0.2) is 64.2 Å². The number of thioether (sulfide) groups is 1. The van der Waals surface area contributed by atoms with Gasteiger partial charge in [-0.25, -0.2) is 0 Å². The Kier molecular flexibility index (Phi) is 5.59. The number of aliphatic imine (C=N–C) groups is 1. The second kappa shape index (κ2) is 8.20. The fourth-order valence-electron chi connectivity index (χ4n) is 2.71. The van der Waals surface area contributed by atoms with Gasteiger partial charge in [-0.15, -0.1) is 0 Å². The number of amides is 1. The quantitative estimate of drug-likeness (QED) is 0.638. The molecule has 31 heavy (non-hydrogen) atoms. The van der Waals surface area contributed by atoms with E-state index < -0.39 is 23.0 Å². The van der Waals surface area contributed by atoms with Crippen molar-refractivity contribution in [3.05, 3.63) is 70.3 Å². The van der Waals surface area contributed by atoms with E-state index in [1.54, 1.807) is 30.3 Å². The summed E-state index contributed by atoms with van der Waals surface area (Å²) in [6.45, 7) is 0.271.